The fourth-order valence-corrected chi connectivity index (χ4v) is 3.94. The standard InChI is InChI=1S/C32H33N3O4/c1-3-37-32(36)31(34-28-9-5-4-6-10-28)23-25-12-18-29(19-13-25)38-21-22-39-35-24(2)26-14-16-27(17-15-26)30-11-7-8-20-33-30/h4-20,31,34H,3,21-23H2,1-2H3. The molecular weight excluding hydrogens is 490 g/mol. The number of para-hydroxylation sites is 1. The second kappa shape index (κ2) is 14.3. The Kier molecular flexibility index (Phi) is 10.1. The molecule has 1 aromatic heterocycles. The van der Waals surface area contributed by atoms with Crippen molar-refractivity contribution in [3.8, 4) is 17.0 Å². The molecule has 200 valence electrons. The van der Waals surface area contributed by atoms with Gasteiger partial charge in [-0.2, -0.15) is 0 Å². The van der Waals surface area contributed by atoms with E-state index < -0.39 is 6.04 Å². The lowest BCUT2D eigenvalue weighted by Gasteiger charge is -2.18. The predicted octanol–water partition coefficient (Wildman–Crippen LogP) is 6.15. The third-order valence-corrected chi connectivity index (χ3v) is 5.96. The molecule has 0 saturated heterocycles. The highest BCUT2D eigenvalue weighted by Crippen LogP contribution is 2.18. The smallest absolute Gasteiger partial charge is 0.328 e. The molecule has 39 heavy (non-hydrogen) atoms. The van der Waals surface area contributed by atoms with Gasteiger partial charge in [-0.15, -0.1) is 0 Å². The van der Waals surface area contributed by atoms with Crippen LogP contribution in [0.4, 0.5) is 5.69 Å². The van der Waals surface area contributed by atoms with E-state index in [0.29, 0.717) is 26.2 Å². The van der Waals surface area contributed by atoms with Crippen LogP contribution in [-0.2, 0) is 20.8 Å². The van der Waals surface area contributed by atoms with E-state index in [4.69, 9.17) is 14.3 Å². The van der Waals surface area contributed by atoms with Gasteiger partial charge in [-0.3, -0.25) is 4.98 Å². The number of rotatable bonds is 13. The van der Waals surface area contributed by atoms with Gasteiger partial charge in [0.2, 0.25) is 0 Å². The van der Waals surface area contributed by atoms with Crippen LogP contribution in [0, 0.1) is 0 Å². The second-order valence-corrected chi connectivity index (χ2v) is 8.81. The third kappa shape index (κ3) is 8.43. The Morgan fingerprint density at radius 2 is 1.64 bits per heavy atom. The predicted molar refractivity (Wildman–Crippen MR) is 154 cm³/mol. The van der Waals surface area contributed by atoms with Crippen molar-refractivity contribution in [1.29, 1.82) is 0 Å². The van der Waals surface area contributed by atoms with Crippen LogP contribution in [0.3, 0.4) is 0 Å². The Morgan fingerprint density at radius 1 is 0.897 bits per heavy atom. The third-order valence-electron chi connectivity index (χ3n) is 5.96. The zero-order valence-corrected chi connectivity index (χ0v) is 22.2. The molecule has 0 aliphatic rings. The molecule has 0 amide bonds. The maximum atomic E-state index is 12.5. The van der Waals surface area contributed by atoms with Crippen LogP contribution in [0.15, 0.2) is 108 Å². The number of anilines is 1. The van der Waals surface area contributed by atoms with Crippen LogP contribution in [0.1, 0.15) is 25.0 Å². The quantitative estimate of drug-likeness (QED) is 0.0979. The van der Waals surface area contributed by atoms with E-state index in [9.17, 15) is 4.79 Å². The lowest BCUT2D eigenvalue weighted by atomic mass is 10.1. The van der Waals surface area contributed by atoms with Gasteiger partial charge < -0.3 is 19.6 Å². The number of aromatic nitrogens is 1. The minimum absolute atomic E-state index is 0.279. The number of esters is 1. The summed E-state index contributed by atoms with van der Waals surface area (Å²) in [6, 6.07) is 30.7. The summed E-state index contributed by atoms with van der Waals surface area (Å²) in [5.74, 6) is 0.440. The Bertz CT molecular complexity index is 1330. The highest BCUT2D eigenvalue weighted by molar-refractivity contribution is 5.98. The molecule has 4 rings (SSSR count). The SMILES string of the molecule is CCOC(=O)C(Cc1ccc(OCCON=C(C)c2ccc(-c3ccccn3)cc2)cc1)Nc1ccccc1. The average molecular weight is 524 g/mol. The van der Waals surface area contributed by atoms with Crippen LogP contribution in [-0.4, -0.2) is 42.5 Å². The summed E-state index contributed by atoms with van der Waals surface area (Å²) in [4.78, 5) is 22.3. The molecule has 7 nitrogen and oxygen atoms in total. The van der Waals surface area contributed by atoms with Gasteiger partial charge in [0, 0.05) is 23.9 Å². The summed E-state index contributed by atoms with van der Waals surface area (Å²) in [6.45, 7) is 4.72. The van der Waals surface area contributed by atoms with Crippen molar-refractivity contribution in [3.05, 3.63) is 114 Å². The van der Waals surface area contributed by atoms with Gasteiger partial charge in [0.25, 0.3) is 0 Å². The van der Waals surface area contributed by atoms with Gasteiger partial charge in [-0.25, -0.2) is 4.79 Å². The zero-order valence-electron chi connectivity index (χ0n) is 22.2. The molecule has 0 radical (unpaired) electrons. The summed E-state index contributed by atoms with van der Waals surface area (Å²) in [5.41, 5.74) is 5.62. The van der Waals surface area contributed by atoms with E-state index in [1.807, 2.05) is 104 Å². The van der Waals surface area contributed by atoms with Gasteiger partial charge in [0.05, 0.1) is 18.0 Å². The maximum Gasteiger partial charge on any atom is 0.328 e. The van der Waals surface area contributed by atoms with Crippen molar-refractivity contribution >= 4 is 17.4 Å². The molecule has 0 bridgehead atoms. The molecule has 1 heterocycles. The van der Waals surface area contributed by atoms with E-state index >= 15 is 0 Å². The molecule has 0 aliphatic carbocycles. The van der Waals surface area contributed by atoms with Crippen molar-refractivity contribution < 1.29 is 19.1 Å². The summed E-state index contributed by atoms with van der Waals surface area (Å²) in [5, 5.41) is 7.48. The average Bonchev–Trinajstić information content (AvgIpc) is 2.98. The molecular formula is C32H33N3O4. The zero-order chi connectivity index (χ0) is 27.3. The lowest BCUT2D eigenvalue weighted by Crippen LogP contribution is -2.33. The second-order valence-electron chi connectivity index (χ2n) is 8.81. The van der Waals surface area contributed by atoms with Crippen LogP contribution < -0.4 is 10.1 Å². The Morgan fingerprint density at radius 3 is 2.33 bits per heavy atom. The summed E-state index contributed by atoms with van der Waals surface area (Å²) in [6.07, 6.45) is 2.28. The summed E-state index contributed by atoms with van der Waals surface area (Å²) < 4.78 is 11.1. The van der Waals surface area contributed by atoms with Gasteiger partial charge in [-0.1, -0.05) is 65.8 Å². The number of hydrogen-bond donors (Lipinski definition) is 1. The summed E-state index contributed by atoms with van der Waals surface area (Å²) in [7, 11) is 0. The minimum Gasteiger partial charge on any atom is -0.490 e. The number of oxime groups is 1. The van der Waals surface area contributed by atoms with Crippen molar-refractivity contribution in [1.82, 2.24) is 4.98 Å². The highest BCUT2D eigenvalue weighted by atomic mass is 16.6. The molecule has 7 heteroatoms. The Hall–Kier alpha value is -4.65. The molecule has 0 spiro atoms. The van der Waals surface area contributed by atoms with Gasteiger partial charge in [0.15, 0.2) is 6.61 Å². The topological polar surface area (TPSA) is 82.0 Å². The first-order valence-electron chi connectivity index (χ1n) is 13.0. The van der Waals surface area contributed by atoms with Gasteiger partial charge in [0.1, 0.15) is 18.4 Å². The molecule has 1 unspecified atom stereocenters. The maximum absolute atomic E-state index is 12.5. The fraction of sp³-hybridized carbons (Fsp3) is 0.219. The number of ether oxygens (including phenoxy) is 2. The normalized spacial score (nSPS) is 11.9. The molecule has 0 aliphatic heterocycles. The number of carbonyl (C=O) groups is 1. The van der Waals surface area contributed by atoms with E-state index in [0.717, 1.165) is 39.5 Å². The van der Waals surface area contributed by atoms with Crippen molar-refractivity contribution in [2.45, 2.75) is 26.3 Å². The fourth-order valence-electron chi connectivity index (χ4n) is 3.94. The number of nitrogens with one attached hydrogen (secondary N) is 1. The van der Waals surface area contributed by atoms with Crippen LogP contribution in [0.2, 0.25) is 0 Å². The first kappa shape index (κ1) is 27.4. The van der Waals surface area contributed by atoms with Gasteiger partial charge in [-0.05, 0) is 61.4 Å². The van der Waals surface area contributed by atoms with E-state index in [1.54, 1.807) is 13.1 Å². The van der Waals surface area contributed by atoms with E-state index in [1.165, 1.54) is 0 Å². The number of hydrogen-bond acceptors (Lipinski definition) is 7. The van der Waals surface area contributed by atoms with Crippen LogP contribution in [0.25, 0.3) is 11.3 Å². The number of nitrogens with zero attached hydrogens (tertiary/aromatic N) is 2. The first-order valence-corrected chi connectivity index (χ1v) is 13.0. The lowest BCUT2D eigenvalue weighted by molar-refractivity contribution is -0.144. The monoisotopic (exact) mass is 523 g/mol. The molecule has 3 aromatic carbocycles. The largest absolute Gasteiger partial charge is 0.490 e. The number of carbonyl (C=O) groups excluding carboxylic acids is 1. The minimum atomic E-state index is -0.486. The van der Waals surface area contributed by atoms with Gasteiger partial charge >= 0.3 is 5.97 Å². The molecule has 0 saturated carbocycles. The Labute approximate surface area is 229 Å². The molecule has 4 aromatic rings. The van der Waals surface area contributed by atoms with E-state index in [2.05, 4.69) is 15.5 Å². The molecule has 0 fully saturated rings. The molecule has 1 N–H and O–H groups in total. The number of benzene rings is 3. The van der Waals surface area contributed by atoms with Crippen molar-refractivity contribution in [2.24, 2.45) is 5.16 Å². The first-order chi connectivity index (χ1) is 19.1. The van der Waals surface area contributed by atoms with Crippen LogP contribution in [0.5, 0.6) is 5.75 Å². The molecule has 1 atom stereocenters. The van der Waals surface area contributed by atoms with Crippen molar-refractivity contribution in [3.63, 3.8) is 0 Å². The van der Waals surface area contributed by atoms with Crippen molar-refractivity contribution in [2.75, 3.05) is 25.1 Å². The summed E-state index contributed by atoms with van der Waals surface area (Å²) >= 11 is 0. The van der Waals surface area contributed by atoms with Crippen LogP contribution >= 0.6 is 0 Å². The highest BCUT2D eigenvalue weighted by Gasteiger charge is 2.20. The van der Waals surface area contributed by atoms with E-state index in [-0.39, 0.29) is 5.97 Å². The Balaban J connectivity index is 1.23. The number of pyridine rings is 1.